The highest BCUT2D eigenvalue weighted by atomic mass is 16.1. The van der Waals surface area contributed by atoms with E-state index in [9.17, 15) is 4.79 Å². The number of hydrogen-bond acceptors (Lipinski definition) is 1. The van der Waals surface area contributed by atoms with Crippen molar-refractivity contribution in [2.24, 2.45) is 23.7 Å². The molecule has 3 rings (SSSR count). The second-order valence-corrected chi connectivity index (χ2v) is 4.28. The van der Waals surface area contributed by atoms with Crippen molar-refractivity contribution in [1.29, 1.82) is 0 Å². The Morgan fingerprint density at radius 1 is 1.09 bits per heavy atom. The molecule has 2 saturated carbocycles. The first-order chi connectivity index (χ1) is 5.38. The summed E-state index contributed by atoms with van der Waals surface area (Å²) in [5, 5.41) is 2.40. The average Bonchev–Trinajstić information content (AvgIpc) is 2.61. The molecule has 11 heavy (non-hydrogen) atoms. The Bertz CT molecular complexity index is 194. The minimum atomic E-state index is 0.490. The van der Waals surface area contributed by atoms with Crippen LogP contribution in [0.5, 0.6) is 0 Å². The quantitative estimate of drug-likeness (QED) is 0.494. The van der Waals surface area contributed by atoms with Gasteiger partial charge in [0.05, 0.1) is 13.1 Å². The summed E-state index contributed by atoms with van der Waals surface area (Å²) >= 11 is 0. The highest BCUT2D eigenvalue weighted by Crippen LogP contribution is 2.49. The second-order valence-electron chi connectivity index (χ2n) is 4.28. The molecule has 3 fully saturated rings. The van der Waals surface area contributed by atoms with Gasteiger partial charge in [0.15, 0.2) is 0 Å². The van der Waals surface area contributed by atoms with Crippen molar-refractivity contribution < 1.29 is 10.1 Å². The van der Waals surface area contributed by atoms with Crippen molar-refractivity contribution in [2.75, 3.05) is 13.1 Å². The molecule has 0 aromatic carbocycles. The monoisotopic (exact) mass is 152 g/mol. The third kappa shape index (κ3) is 0.598. The molecule has 0 spiro atoms. The number of rotatable bonds is 0. The molecular weight excluding hydrogens is 138 g/mol. The number of nitrogens with two attached hydrogens (primary N) is 1. The number of ketones is 1. The van der Waals surface area contributed by atoms with Gasteiger partial charge in [-0.25, -0.2) is 0 Å². The zero-order valence-electron chi connectivity index (χ0n) is 6.62. The molecule has 2 heteroatoms. The lowest BCUT2D eigenvalue weighted by atomic mass is 9.82. The standard InChI is InChI=1S/C9H13NO/c11-9-5-1-2-6(9)8-4-10-3-7(5)8/h5-8,10H,1-4H2/p+1/t5-,6+,7-,8+. The van der Waals surface area contributed by atoms with Crippen molar-refractivity contribution in [3.63, 3.8) is 0 Å². The topological polar surface area (TPSA) is 33.7 Å². The Morgan fingerprint density at radius 3 is 2.18 bits per heavy atom. The van der Waals surface area contributed by atoms with E-state index in [0.29, 0.717) is 17.6 Å². The molecule has 0 radical (unpaired) electrons. The molecule has 4 atom stereocenters. The Morgan fingerprint density at radius 2 is 1.64 bits per heavy atom. The second kappa shape index (κ2) is 1.86. The van der Waals surface area contributed by atoms with Gasteiger partial charge in [-0.15, -0.1) is 0 Å². The lowest BCUT2D eigenvalue weighted by Crippen LogP contribution is -2.82. The Hall–Kier alpha value is -0.370. The van der Waals surface area contributed by atoms with Crippen LogP contribution in [-0.2, 0) is 4.79 Å². The normalized spacial score (nSPS) is 53.6. The Balaban J connectivity index is 1.99. The first-order valence-corrected chi connectivity index (χ1v) is 4.73. The van der Waals surface area contributed by atoms with Crippen molar-refractivity contribution in [1.82, 2.24) is 0 Å². The van der Waals surface area contributed by atoms with E-state index in [2.05, 4.69) is 5.32 Å². The van der Waals surface area contributed by atoms with Crippen LogP contribution in [0, 0.1) is 23.7 Å². The summed E-state index contributed by atoms with van der Waals surface area (Å²) in [6.07, 6.45) is 2.41. The third-order valence-corrected chi connectivity index (χ3v) is 3.98. The van der Waals surface area contributed by atoms with E-state index in [1.807, 2.05) is 0 Å². The molecule has 0 unspecified atom stereocenters. The molecule has 0 aromatic rings. The average molecular weight is 152 g/mol. The molecule has 2 nitrogen and oxygen atoms in total. The molecule has 1 aliphatic heterocycles. The maximum absolute atomic E-state index is 11.6. The van der Waals surface area contributed by atoms with E-state index in [-0.39, 0.29) is 0 Å². The highest BCUT2D eigenvalue weighted by Gasteiger charge is 2.57. The van der Waals surface area contributed by atoms with Crippen molar-refractivity contribution in [3.8, 4) is 0 Å². The molecule has 1 heterocycles. The van der Waals surface area contributed by atoms with Crippen LogP contribution in [0.25, 0.3) is 0 Å². The summed E-state index contributed by atoms with van der Waals surface area (Å²) in [6.45, 7) is 2.47. The lowest BCUT2D eigenvalue weighted by Gasteiger charge is -2.17. The van der Waals surface area contributed by atoms with Crippen molar-refractivity contribution in [2.45, 2.75) is 12.8 Å². The number of quaternary nitrogens is 1. The maximum atomic E-state index is 11.6. The summed E-state index contributed by atoms with van der Waals surface area (Å²) in [5.41, 5.74) is 0. The van der Waals surface area contributed by atoms with E-state index in [1.165, 1.54) is 25.9 Å². The summed E-state index contributed by atoms with van der Waals surface area (Å²) in [4.78, 5) is 11.6. The van der Waals surface area contributed by atoms with Crippen LogP contribution >= 0.6 is 0 Å². The first-order valence-electron chi connectivity index (χ1n) is 4.73. The Kier molecular flexibility index (Phi) is 1.05. The van der Waals surface area contributed by atoms with Gasteiger partial charge >= 0.3 is 0 Å². The SMILES string of the molecule is O=C1[C@H]2CC[C@@H]1[C@H]1C[NH2+]C[C@H]12. The van der Waals surface area contributed by atoms with Gasteiger partial charge in [0.1, 0.15) is 5.78 Å². The summed E-state index contributed by atoms with van der Waals surface area (Å²) in [6, 6.07) is 0. The summed E-state index contributed by atoms with van der Waals surface area (Å²) < 4.78 is 0. The highest BCUT2D eigenvalue weighted by molar-refractivity contribution is 5.88. The maximum Gasteiger partial charge on any atom is 0.140 e. The molecule has 1 saturated heterocycles. The van der Waals surface area contributed by atoms with Crippen LogP contribution < -0.4 is 5.32 Å². The number of carbonyl (C=O) groups excluding carboxylic acids is 1. The fourth-order valence-corrected chi connectivity index (χ4v) is 3.52. The van der Waals surface area contributed by atoms with E-state index in [0.717, 1.165) is 11.8 Å². The van der Waals surface area contributed by atoms with Gasteiger partial charge in [-0.3, -0.25) is 4.79 Å². The lowest BCUT2D eigenvalue weighted by molar-refractivity contribution is -0.641. The Labute approximate surface area is 66.4 Å². The molecule has 2 bridgehead atoms. The van der Waals surface area contributed by atoms with Crippen LogP contribution in [0.4, 0.5) is 0 Å². The van der Waals surface area contributed by atoms with Crippen LogP contribution in [-0.4, -0.2) is 18.9 Å². The van der Waals surface area contributed by atoms with E-state index in [4.69, 9.17) is 0 Å². The van der Waals surface area contributed by atoms with Gasteiger partial charge in [0.25, 0.3) is 0 Å². The van der Waals surface area contributed by atoms with Crippen LogP contribution in [0.3, 0.4) is 0 Å². The fourth-order valence-electron chi connectivity index (χ4n) is 3.52. The summed E-state index contributed by atoms with van der Waals surface area (Å²) in [7, 11) is 0. The molecule has 0 aromatic heterocycles. The van der Waals surface area contributed by atoms with Gasteiger partial charge in [0.2, 0.25) is 0 Å². The zero-order valence-corrected chi connectivity index (χ0v) is 6.62. The summed E-state index contributed by atoms with van der Waals surface area (Å²) in [5.74, 6) is 3.16. The third-order valence-electron chi connectivity index (χ3n) is 3.98. The minimum Gasteiger partial charge on any atom is -0.346 e. The first kappa shape index (κ1) is 6.18. The number of fused-ring (bicyclic) bond motifs is 5. The number of Topliss-reactive ketones (excluding diaryl/α,β-unsaturated/α-hetero) is 1. The van der Waals surface area contributed by atoms with Crippen LogP contribution in [0.15, 0.2) is 0 Å². The van der Waals surface area contributed by atoms with Crippen LogP contribution in [0.1, 0.15) is 12.8 Å². The number of hydrogen-bond donors (Lipinski definition) is 1. The molecule has 60 valence electrons. The molecule has 2 N–H and O–H groups in total. The van der Waals surface area contributed by atoms with Gasteiger partial charge in [-0.05, 0) is 12.8 Å². The van der Waals surface area contributed by atoms with Crippen LogP contribution in [0.2, 0.25) is 0 Å². The van der Waals surface area contributed by atoms with Crippen molar-refractivity contribution in [3.05, 3.63) is 0 Å². The largest absolute Gasteiger partial charge is 0.346 e. The molecular formula is C9H14NO+. The molecule has 3 aliphatic rings. The molecule has 2 aliphatic carbocycles. The van der Waals surface area contributed by atoms with Crippen molar-refractivity contribution >= 4 is 5.78 Å². The van der Waals surface area contributed by atoms with Gasteiger partial charge in [0, 0.05) is 23.7 Å². The van der Waals surface area contributed by atoms with Gasteiger partial charge in [-0.1, -0.05) is 0 Å². The van der Waals surface area contributed by atoms with E-state index >= 15 is 0 Å². The van der Waals surface area contributed by atoms with Gasteiger partial charge in [-0.2, -0.15) is 0 Å². The van der Waals surface area contributed by atoms with E-state index < -0.39 is 0 Å². The minimum absolute atomic E-state index is 0.490. The fraction of sp³-hybridized carbons (Fsp3) is 0.889. The predicted molar refractivity (Wildman–Crippen MR) is 39.9 cm³/mol. The van der Waals surface area contributed by atoms with Gasteiger partial charge < -0.3 is 5.32 Å². The van der Waals surface area contributed by atoms with E-state index in [1.54, 1.807) is 0 Å². The number of carbonyl (C=O) groups is 1. The molecule has 0 amide bonds. The predicted octanol–water partition coefficient (Wildman–Crippen LogP) is -0.595. The zero-order chi connectivity index (χ0) is 7.42. The smallest absolute Gasteiger partial charge is 0.140 e.